The van der Waals surface area contributed by atoms with Crippen LogP contribution in [0.4, 0.5) is 0 Å². The quantitative estimate of drug-likeness (QED) is 0.0469. The fraction of sp³-hybridized carbons (Fsp3) is 0.364. The second-order valence-corrected chi connectivity index (χ2v) is 8.84. The summed E-state index contributed by atoms with van der Waals surface area (Å²) in [4.78, 5) is 63.5. The molecule has 0 aliphatic rings. The Kier molecular flexibility index (Phi) is 11.0. The number of carbonyl (C=O) groups excluding carboxylic acids is 3. The van der Waals surface area contributed by atoms with Crippen LogP contribution in [-0.2, 0) is 30.5 Å². The van der Waals surface area contributed by atoms with Gasteiger partial charge < -0.3 is 47.2 Å². The molecule has 0 aliphatic heterocycles. The lowest BCUT2D eigenvalue weighted by Gasteiger charge is -2.16. The number of guanidine groups is 1. The number of carboxylic acids is 1. The van der Waals surface area contributed by atoms with Crippen LogP contribution in [0.2, 0.25) is 0 Å². The highest BCUT2D eigenvalue weighted by molar-refractivity contribution is 9.10. The van der Waals surface area contributed by atoms with Gasteiger partial charge in [0, 0.05) is 29.6 Å². The van der Waals surface area contributed by atoms with E-state index in [4.69, 9.17) is 26.4 Å². The van der Waals surface area contributed by atoms with Crippen molar-refractivity contribution in [3.05, 3.63) is 38.7 Å². The van der Waals surface area contributed by atoms with Crippen LogP contribution in [0, 0.1) is 0 Å². The van der Waals surface area contributed by atoms with E-state index in [1.165, 1.54) is 12.1 Å². The standard InChI is InChI=1S/C22H27BrN6O9/c23-12-5-11-10(4-19(33)38-16(11)7-15(12)30)9-37-18(32)6-14(21(35)36)29-17(31)8-28-20(34)13(24)2-1-3-27-22(25)26/h4-5,7,13-14,30H,1-3,6,8-9,24H2,(H,28,34)(H,29,31)(H,35,36)(H4,25,26,27)/t13-,14-/m0/s1. The predicted molar refractivity (Wildman–Crippen MR) is 137 cm³/mol. The second kappa shape index (κ2) is 13.9. The fourth-order valence-electron chi connectivity index (χ4n) is 3.13. The topological polar surface area (TPSA) is 263 Å². The summed E-state index contributed by atoms with van der Waals surface area (Å²) in [6.07, 6.45) is -0.0704. The van der Waals surface area contributed by atoms with Gasteiger partial charge in [0.15, 0.2) is 5.96 Å². The van der Waals surface area contributed by atoms with E-state index < -0.39 is 61.0 Å². The number of nitrogens with two attached hydrogens (primary N) is 3. The first kappa shape index (κ1) is 30.0. The normalized spacial score (nSPS) is 12.3. The Hall–Kier alpha value is -4.18. The number of aromatic hydroxyl groups is 1. The number of aliphatic carboxylic acids is 1. The van der Waals surface area contributed by atoms with Gasteiger partial charge in [0.2, 0.25) is 11.8 Å². The van der Waals surface area contributed by atoms with Crippen molar-refractivity contribution in [3.8, 4) is 5.75 Å². The zero-order valence-corrected chi connectivity index (χ0v) is 21.5. The monoisotopic (exact) mass is 598 g/mol. The molecule has 15 nitrogen and oxygen atoms in total. The van der Waals surface area contributed by atoms with Crippen LogP contribution in [0.1, 0.15) is 24.8 Å². The molecule has 0 fully saturated rings. The number of ether oxygens (including phenoxy) is 1. The molecule has 2 rings (SSSR count). The van der Waals surface area contributed by atoms with Gasteiger partial charge >= 0.3 is 17.6 Å². The average Bonchev–Trinajstić information content (AvgIpc) is 2.84. The molecule has 0 bridgehead atoms. The highest BCUT2D eigenvalue weighted by atomic mass is 79.9. The maximum atomic E-state index is 12.3. The Balaban J connectivity index is 1.89. The molecule has 2 amide bonds. The number of amides is 2. The molecule has 38 heavy (non-hydrogen) atoms. The van der Waals surface area contributed by atoms with Gasteiger partial charge in [-0.05, 0) is 34.8 Å². The van der Waals surface area contributed by atoms with Crippen LogP contribution < -0.4 is 33.5 Å². The number of rotatable bonds is 13. The van der Waals surface area contributed by atoms with Gasteiger partial charge in [-0.3, -0.25) is 19.4 Å². The van der Waals surface area contributed by atoms with Gasteiger partial charge in [-0.1, -0.05) is 0 Å². The van der Waals surface area contributed by atoms with Gasteiger partial charge in [-0.15, -0.1) is 0 Å². The van der Waals surface area contributed by atoms with Crippen LogP contribution in [0.5, 0.6) is 5.75 Å². The number of nitrogens with one attached hydrogen (secondary N) is 2. The largest absolute Gasteiger partial charge is 0.507 e. The van der Waals surface area contributed by atoms with Crippen LogP contribution in [0.25, 0.3) is 11.0 Å². The van der Waals surface area contributed by atoms with E-state index in [-0.39, 0.29) is 35.8 Å². The lowest BCUT2D eigenvalue weighted by molar-refractivity contribution is -0.151. The maximum Gasteiger partial charge on any atom is 0.336 e. The van der Waals surface area contributed by atoms with Crippen LogP contribution in [0.3, 0.4) is 0 Å². The zero-order chi connectivity index (χ0) is 28.4. The van der Waals surface area contributed by atoms with Crippen LogP contribution in [0.15, 0.2) is 36.9 Å². The average molecular weight is 599 g/mol. The molecular weight excluding hydrogens is 572 g/mol. The van der Waals surface area contributed by atoms with Gasteiger partial charge in [-0.25, -0.2) is 9.59 Å². The highest BCUT2D eigenvalue weighted by Crippen LogP contribution is 2.30. The Bertz CT molecular complexity index is 1290. The molecule has 0 saturated heterocycles. The molecule has 0 radical (unpaired) electrons. The molecule has 0 aliphatic carbocycles. The van der Waals surface area contributed by atoms with E-state index in [2.05, 4.69) is 31.6 Å². The van der Waals surface area contributed by atoms with Gasteiger partial charge in [0.05, 0.1) is 23.5 Å². The second-order valence-electron chi connectivity index (χ2n) is 7.99. The zero-order valence-electron chi connectivity index (χ0n) is 19.9. The van der Waals surface area contributed by atoms with Crippen molar-refractivity contribution in [1.82, 2.24) is 10.6 Å². The summed E-state index contributed by atoms with van der Waals surface area (Å²) in [5.74, 6) is -4.27. The number of phenols is 1. The molecule has 0 spiro atoms. The minimum Gasteiger partial charge on any atom is -0.507 e. The molecule has 0 saturated carbocycles. The molecule has 2 aromatic rings. The van der Waals surface area contributed by atoms with Crippen molar-refractivity contribution in [2.24, 2.45) is 22.2 Å². The third kappa shape index (κ3) is 9.36. The van der Waals surface area contributed by atoms with Crippen molar-refractivity contribution in [1.29, 1.82) is 0 Å². The summed E-state index contributed by atoms with van der Waals surface area (Å²) in [5, 5.41) is 23.9. The van der Waals surface area contributed by atoms with Crippen molar-refractivity contribution >= 4 is 56.6 Å². The maximum absolute atomic E-state index is 12.3. The fourth-order valence-corrected chi connectivity index (χ4v) is 3.48. The number of carboxylic acid groups (broad SMARTS) is 1. The number of fused-ring (bicyclic) bond motifs is 1. The van der Waals surface area contributed by atoms with Crippen LogP contribution in [-0.4, -0.2) is 65.1 Å². The molecule has 0 unspecified atom stereocenters. The van der Waals surface area contributed by atoms with Gasteiger partial charge in [-0.2, -0.15) is 0 Å². The lowest BCUT2D eigenvalue weighted by atomic mass is 10.1. The smallest absolute Gasteiger partial charge is 0.336 e. The Morgan fingerprint density at radius 3 is 2.55 bits per heavy atom. The molecule has 16 heteroatoms. The number of benzene rings is 1. The summed E-state index contributed by atoms with van der Waals surface area (Å²) in [5.41, 5.74) is 15.7. The molecule has 1 heterocycles. The molecular formula is C22H27BrN6O9. The third-order valence-corrected chi connectivity index (χ3v) is 5.65. The number of hydrogen-bond acceptors (Lipinski definition) is 10. The number of carbonyl (C=O) groups is 4. The number of nitrogens with zero attached hydrogens (tertiary/aromatic N) is 1. The van der Waals surface area contributed by atoms with Crippen molar-refractivity contribution < 1.29 is 38.5 Å². The van der Waals surface area contributed by atoms with Gasteiger partial charge in [0.1, 0.15) is 24.0 Å². The van der Waals surface area contributed by atoms with E-state index in [0.29, 0.717) is 16.3 Å². The Morgan fingerprint density at radius 1 is 1.18 bits per heavy atom. The lowest BCUT2D eigenvalue weighted by Crippen LogP contribution is -2.49. The molecule has 206 valence electrons. The van der Waals surface area contributed by atoms with E-state index in [9.17, 15) is 34.2 Å². The Labute approximate surface area is 223 Å². The highest BCUT2D eigenvalue weighted by Gasteiger charge is 2.25. The third-order valence-electron chi connectivity index (χ3n) is 5.02. The van der Waals surface area contributed by atoms with Crippen molar-refractivity contribution in [3.63, 3.8) is 0 Å². The summed E-state index contributed by atoms with van der Waals surface area (Å²) >= 11 is 3.14. The van der Waals surface area contributed by atoms with E-state index in [0.717, 1.165) is 6.07 Å². The van der Waals surface area contributed by atoms with E-state index >= 15 is 0 Å². The predicted octanol–water partition coefficient (Wildman–Crippen LogP) is -1.24. The number of aliphatic imine (C=N–C) groups is 1. The first-order chi connectivity index (χ1) is 17.9. The van der Waals surface area contributed by atoms with E-state index in [1.807, 2.05) is 0 Å². The summed E-state index contributed by atoms with van der Waals surface area (Å²) < 4.78 is 10.4. The first-order valence-electron chi connectivity index (χ1n) is 11.1. The minimum atomic E-state index is -1.65. The minimum absolute atomic E-state index is 0.0513. The summed E-state index contributed by atoms with van der Waals surface area (Å²) in [6.45, 7) is -0.711. The number of esters is 1. The molecule has 2 atom stereocenters. The number of phenolic OH excluding ortho intramolecular Hbond substituents is 1. The van der Waals surface area contributed by atoms with Crippen LogP contribution >= 0.6 is 15.9 Å². The number of halogens is 1. The van der Waals surface area contributed by atoms with Gasteiger partial charge in [0.25, 0.3) is 0 Å². The SMILES string of the molecule is NC(N)=NCCC[C@H](N)C(=O)NCC(=O)N[C@@H](CC(=O)OCc1cc(=O)oc2cc(O)c(Br)cc12)C(=O)O. The first-order valence-corrected chi connectivity index (χ1v) is 11.9. The number of hydrogen-bond donors (Lipinski definition) is 7. The van der Waals surface area contributed by atoms with E-state index in [1.54, 1.807) is 0 Å². The molecule has 1 aromatic carbocycles. The summed E-state index contributed by atoms with van der Waals surface area (Å²) in [7, 11) is 0. The Morgan fingerprint density at radius 2 is 1.89 bits per heavy atom. The van der Waals surface area contributed by atoms with Crippen molar-refractivity contribution in [2.75, 3.05) is 13.1 Å². The molecule has 1 aromatic heterocycles. The summed E-state index contributed by atoms with van der Waals surface area (Å²) in [6, 6.07) is 1.16. The van der Waals surface area contributed by atoms with Crippen molar-refractivity contribution in [2.45, 2.75) is 38.0 Å². The molecule has 10 N–H and O–H groups in total.